The minimum absolute atomic E-state index is 0.0929. The van der Waals surface area contributed by atoms with E-state index in [4.69, 9.17) is 9.47 Å². The van der Waals surface area contributed by atoms with Gasteiger partial charge < -0.3 is 9.47 Å². The van der Waals surface area contributed by atoms with E-state index in [1.165, 1.54) is 0 Å². The van der Waals surface area contributed by atoms with Crippen LogP contribution in [0.15, 0.2) is 48.5 Å². The molecule has 0 radical (unpaired) electrons. The highest BCUT2D eigenvalue weighted by Gasteiger charge is 2.25. The minimum atomic E-state index is -2.16. The summed E-state index contributed by atoms with van der Waals surface area (Å²) in [5.41, 5.74) is -5.34. The van der Waals surface area contributed by atoms with E-state index >= 15 is 0 Å². The zero-order valence-corrected chi connectivity index (χ0v) is 25.1. The summed E-state index contributed by atoms with van der Waals surface area (Å²) in [6.07, 6.45) is 0.390. The average molecular weight is 727 g/mol. The third kappa shape index (κ3) is 8.40. The maximum absolute atomic E-state index is 14.6. The lowest BCUT2D eigenvalue weighted by atomic mass is 10.1. The second-order valence-corrected chi connectivity index (χ2v) is 10.7. The fraction of sp³-hybridized carbons (Fsp3) is 0.176. The van der Waals surface area contributed by atoms with Gasteiger partial charge in [0.05, 0.1) is 24.3 Å². The van der Waals surface area contributed by atoms with Crippen molar-refractivity contribution in [2.75, 3.05) is 13.2 Å². The molecule has 0 aliphatic carbocycles. The first-order valence-electron chi connectivity index (χ1n) is 14.1. The summed E-state index contributed by atoms with van der Waals surface area (Å²) in [5.74, 6) is -27.6. The van der Waals surface area contributed by atoms with Crippen LogP contribution >= 0.6 is 0 Å². The van der Waals surface area contributed by atoms with Gasteiger partial charge in [0.1, 0.15) is 34.8 Å². The third-order valence-electron chi connectivity index (χ3n) is 7.09. The molecule has 0 aromatic heterocycles. The van der Waals surface area contributed by atoms with Crippen molar-refractivity contribution in [2.45, 2.75) is 19.8 Å². The average Bonchev–Trinajstić information content (AvgIpc) is 3.04. The van der Waals surface area contributed by atoms with Gasteiger partial charge in [-0.1, -0.05) is 6.92 Å². The second-order valence-electron chi connectivity index (χ2n) is 10.7. The molecule has 0 N–H and O–H groups in total. The van der Waals surface area contributed by atoms with Crippen LogP contribution in [0.5, 0.6) is 11.5 Å². The van der Waals surface area contributed by atoms with Crippen LogP contribution in [0.3, 0.4) is 0 Å². The molecule has 4 aromatic rings. The first-order chi connectivity index (χ1) is 23.5. The largest absolute Gasteiger partial charge is 0.493 e. The third-order valence-corrected chi connectivity index (χ3v) is 7.09. The maximum Gasteiger partial charge on any atom is 0.194 e. The van der Waals surface area contributed by atoms with Crippen molar-refractivity contribution in [1.29, 1.82) is 0 Å². The van der Waals surface area contributed by atoms with Gasteiger partial charge >= 0.3 is 0 Å². The molecule has 16 heteroatoms. The van der Waals surface area contributed by atoms with Crippen LogP contribution in [0.25, 0.3) is 23.3 Å². The van der Waals surface area contributed by atoms with Gasteiger partial charge in [-0.2, -0.15) is 0 Å². The molecule has 266 valence electrons. The molecule has 50 heavy (non-hydrogen) atoms. The number of hydrogen-bond donors (Lipinski definition) is 0. The molecular weight excluding hydrogens is 706 g/mol. The number of ether oxygens (including phenoxy) is 2. The topological polar surface area (TPSA) is 18.5 Å². The van der Waals surface area contributed by atoms with Gasteiger partial charge in [0, 0.05) is 35.4 Å². The monoisotopic (exact) mass is 726 g/mol. The summed E-state index contributed by atoms with van der Waals surface area (Å²) in [6, 6.07) is 2.42. The van der Waals surface area contributed by atoms with E-state index in [9.17, 15) is 61.5 Å². The molecule has 0 aliphatic heterocycles. The van der Waals surface area contributed by atoms with E-state index < -0.39 is 115 Å². The molecule has 0 aliphatic rings. The highest BCUT2D eigenvalue weighted by atomic mass is 19.2. The molecule has 0 amide bonds. The predicted octanol–water partition coefficient (Wildman–Crippen LogP) is 11.5. The van der Waals surface area contributed by atoms with Crippen molar-refractivity contribution >= 4 is 23.3 Å². The fourth-order valence-electron chi connectivity index (χ4n) is 4.42. The Kier molecular flexibility index (Phi) is 11.9. The van der Waals surface area contributed by atoms with Crippen molar-refractivity contribution in [1.82, 2.24) is 0 Å². The second kappa shape index (κ2) is 15.7. The Morgan fingerprint density at radius 3 is 1.00 bits per heavy atom. The van der Waals surface area contributed by atoms with E-state index in [0.29, 0.717) is 24.3 Å². The number of benzene rings is 4. The standard InChI is InChI=1S/C34H20F14O2/c1-14(2-4-49-17-10-19(35)27(20(36)11-17)33(47)29(43)15-6-23(39)31(45)24(40)7-15)3-5-50-18-12-21(37)28(22(38)13-18)34(48)30(44)16-8-25(41)32(46)26(42)9-16/h6-14H,2-5H2,1H3/b33-29+,34-30+. The SMILES string of the molecule is CC(CCOc1cc(F)c(/C(F)=C(\F)c2cc(F)c(F)c(F)c2)c(F)c1)CCOc1cc(F)c(/C(F)=C(\F)c2cc(F)c(F)c(F)c2)c(F)c1. The Morgan fingerprint density at radius 2 is 0.720 bits per heavy atom. The molecule has 0 saturated heterocycles. The minimum Gasteiger partial charge on any atom is -0.493 e. The number of rotatable bonds is 12. The van der Waals surface area contributed by atoms with Gasteiger partial charge in [0.2, 0.25) is 0 Å². The zero-order valence-electron chi connectivity index (χ0n) is 25.1. The highest BCUT2D eigenvalue weighted by molar-refractivity contribution is 5.84. The molecule has 0 heterocycles. The van der Waals surface area contributed by atoms with Gasteiger partial charge in [-0.25, -0.2) is 61.5 Å². The van der Waals surface area contributed by atoms with Gasteiger partial charge in [0.25, 0.3) is 0 Å². The molecule has 0 atom stereocenters. The lowest BCUT2D eigenvalue weighted by molar-refractivity contribution is 0.243. The van der Waals surface area contributed by atoms with Crippen LogP contribution in [0.2, 0.25) is 0 Å². The Labute approximate surface area is 273 Å². The summed E-state index contributed by atoms with van der Waals surface area (Å²) in [7, 11) is 0. The van der Waals surface area contributed by atoms with Crippen molar-refractivity contribution in [2.24, 2.45) is 5.92 Å². The maximum atomic E-state index is 14.6. The number of hydrogen-bond acceptors (Lipinski definition) is 2. The van der Waals surface area contributed by atoms with Gasteiger partial charge in [-0.15, -0.1) is 0 Å². The first-order valence-corrected chi connectivity index (χ1v) is 14.1. The van der Waals surface area contributed by atoms with Crippen molar-refractivity contribution in [3.05, 3.63) is 129 Å². The Bertz CT molecular complexity index is 1760. The zero-order chi connectivity index (χ0) is 37.0. The van der Waals surface area contributed by atoms with Gasteiger partial charge in [0.15, 0.2) is 58.2 Å². The van der Waals surface area contributed by atoms with Gasteiger partial charge in [-0.05, 0) is 43.0 Å². The van der Waals surface area contributed by atoms with Crippen LogP contribution in [-0.2, 0) is 0 Å². The molecule has 4 rings (SSSR count). The van der Waals surface area contributed by atoms with E-state index in [0.717, 1.165) is 0 Å². The molecule has 0 fully saturated rings. The van der Waals surface area contributed by atoms with E-state index in [-0.39, 0.29) is 56.2 Å². The quantitative estimate of drug-likeness (QED) is 0.0822. The van der Waals surface area contributed by atoms with Crippen LogP contribution in [-0.4, -0.2) is 13.2 Å². The molecule has 4 aromatic carbocycles. The Hall–Kier alpha value is -5.02. The lowest BCUT2D eigenvalue weighted by Crippen LogP contribution is -2.09. The summed E-state index contributed by atoms with van der Waals surface area (Å²) in [6.45, 7) is 1.30. The van der Waals surface area contributed by atoms with Crippen LogP contribution in [0.4, 0.5) is 61.5 Å². The van der Waals surface area contributed by atoms with Gasteiger partial charge in [-0.3, -0.25) is 0 Å². The van der Waals surface area contributed by atoms with E-state index in [1.54, 1.807) is 6.92 Å². The predicted molar refractivity (Wildman–Crippen MR) is 153 cm³/mol. The first kappa shape index (κ1) is 37.8. The molecule has 0 spiro atoms. The molecule has 0 bridgehead atoms. The van der Waals surface area contributed by atoms with E-state index in [2.05, 4.69) is 0 Å². The number of halogens is 14. The van der Waals surface area contributed by atoms with Crippen molar-refractivity contribution < 1.29 is 70.9 Å². The normalized spacial score (nSPS) is 12.6. The van der Waals surface area contributed by atoms with Crippen LogP contribution < -0.4 is 9.47 Å². The van der Waals surface area contributed by atoms with Crippen molar-refractivity contribution in [3.8, 4) is 11.5 Å². The lowest BCUT2D eigenvalue weighted by Gasteiger charge is -2.14. The van der Waals surface area contributed by atoms with Crippen LogP contribution in [0.1, 0.15) is 42.0 Å². The summed E-state index contributed by atoms with van der Waals surface area (Å²) >= 11 is 0. The molecular formula is C34H20F14O2. The summed E-state index contributed by atoms with van der Waals surface area (Å²) in [5, 5.41) is 0. The molecule has 2 nitrogen and oxygen atoms in total. The summed E-state index contributed by atoms with van der Waals surface area (Å²) in [4.78, 5) is 0. The highest BCUT2D eigenvalue weighted by Crippen LogP contribution is 2.36. The van der Waals surface area contributed by atoms with E-state index in [1.807, 2.05) is 0 Å². The molecule has 0 saturated carbocycles. The van der Waals surface area contributed by atoms with Crippen molar-refractivity contribution in [3.63, 3.8) is 0 Å². The van der Waals surface area contributed by atoms with Crippen LogP contribution in [0, 0.1) is 64.1 Å². The Balaban J connectivity index is 1.33. The Morgan fingerprint density at radius 1 is 0.440 bits per heavy atom. The summed E-state index contributed by atoms with van der Waals surface area (Å²) < 4.78 is 206. The smallest absolute Gasteiger partial charge is 0.194 e. The fourth-order valence-corrected chi connectivity index (χ4v) is 4.42. The molecule has 0 unspecified atom stereocenters.